The second-order valence-corrected chi connectivity index (χ2v) is 10.5. The Morgan fingerprint density at radius 3 is 2.00 bits per heavy atom. The Morgan fingerprint density at radius 2 is 2.00 bits per heavy atom. The molecule has 0 atom stereocenters. The van der Waals surface area contributed by atoms with Gasteiger partial charge in [-0.15, -0.1) is 0 Å². The van der Waals surface area contributed by atoms with Crippen molar-refractivity contribution in [3.8, 4) is 0 Å². The van der Waals surface area contributed by atoms with Gasteiger partial charge in [-0.2, -0.15) is 0 Å². The molecule has 0 spiro atoms. The second-order valence-electron chi connectivity index (χ2n) is 0.220. The molecular formula is HIPS2-. The van der Waals surface area contributed by atoms with Crippen LogP contribution in [-0.2, 0) is 6.07 Å². The van der Waals surface area contributed by atoms with Gasteiger partial charge >= 0.3 is 46.8 Å². The van der Waals surface area contributed by atoms with Crippen LogP contribution in [0.1, 0.15) is 0 Å². The molecule has 0 heterocycles. The summed E-state index contributed by atoms with van der Waals surface area (Å²) >= 11 is 5.94. The van der Waals surface area contributed by atoms with Gasteiger partial charge in [-0.05, 0) is 0 Å². The van der Waals surface area contributed by atoms with E-state index < -0.39 is 0 Å². The van der Waals surface area contributed by atoms with Crippen molar-refractivity contribution in [2.24, 2.45) is 0 Å². The monoisotopic (exact) mass is 223 g/mol. The number of hydrogen-bond donors (Lipinski definition) is 1. The Kier molecular flexibility index (Phi) is 4.49. The molecule has 0 aliphatic rings. The zero-order valence-electron chi connectivity index (χ0n) is 1.68. The molecule has 0 aromatic heterocycles. The van der Waals surface area contributed by atoms with Crippen LogP contribution in [-0.4, -0.2) is 0 Å². The van der Waals surface area contributed by atoms with Crippen LogP contribution in [0.2, 0.25) is 0 Å². The second kappa shape index (κ2) is 3.07. The summed E-state index contributed by atoms with van der Waals surface area (Å²) < 4.78 is 0. The van der Waals surface area contributed by atoms with Gasteiger partial charge < -0.3 is 0 Å². The SMILES string of the molecule is P#[S-](S)I. The quantitative estimate of drug-likeness (QED) is 0.210. The Balaban J connectivity index is 3.02. The van der Waals surface area contributed by atoms with Crippen molar-refractivity contribution >= 4 is 46.8 Å². The number of halogens is 1. The Bertz CT molecular complexity index is 52.2. The van der Waals surface area contributed by atoms with Gasteiger partial charge in [0.1, 0.15) is 0 Å². The molecule has 0 unspecified atom stereocenters. The van der Waals surface area contributed by atoms with Crippen molar-refractivity contribution in [1.29, 1.82) is 0 Å². The molecule has 0 aromatic rings. The van der Waals surface area contributed by atoms with Crippen LogP contribution in [0.5, 0.6) is 0 Å². The zero-order valence-corrected chi connectivity index (χ0v) is 6.44. The van der Waals surface area contributed by atoms with Crippen LogP contribution >= 0.6 is 40.7 Å². The molecule has 0 saturated heterocycles. The first kappa shape index (κ1) is 5.86. The summed E-state index contributed by atoms with van der Waals surface area (Å²) in [6.45, 7) is 0. The summed E-state index contributed by atoms with van der Waals surface area (Å²) in [4.78, 5) is 0. The van der Waals surface area contributed by atoms with Crippen LogP contribution in [0.15, 0.2) is 0 Å². The minimum absolute atomic E-state index is 0.00222. The molecule has 0 fully saturated rings. The number of hydrogen-bond acceptors (Lipinski definition) is 2. The van der Waals surface area contributed by atoms with Crippen molar-refractivity contribution in [3.05, 3.63) is 0 Å². The Morgan fingerprint density at radius 1 is 2.00 bits per heavy atom. The fourth-order valence-corrected chi connectivity index (χ4v) is 0. The standard InChI is InChI=1S/HIPS2/c1-4(2)3/h3H/q-1. The summed E-state index contributed by atoms with van der Waals surface area (Å²) in [6.07, 6.45) is -0.00222. The Labute approximate surface area is 46.5 Å². The van der Waals surface area contributed by atoms with E-state index in [-0.39, 0.29) is 6.07 Å². The van der Waals surface area contributed by atoms with Gasteiger partial charge in [0.15, 0.2) is 0 Å². The third kappa shape index (κ3) is 9.13. The first-order chi connectivity index (χ1) is 1.73. The minimum atomic E-state index is -0.00222. The molecule has 0 bridgehead atoms. The van der Waals surface area contributed by atoms with Crippen molar-refractivity contribution in [2.75, 3.05) is 0 Å². The predicted molar refractivity (Wildman–Crippen MR) is 37.3 cm³/mol. The Hall–Kier alpha value is 1.86. The predicted octanol–water partition coefficient (Wildman–Crippen LogP) is 2.12. The third-order valence-corrected chi connectivity index (χ3v) is 0. The van der Waals surface area contributed by atoms with E-state index in [4.69, 9.17) is 0 Å². The summed E-state index contributed by atoms with van der Waals surface area (Å²) in [7, 11) is 3.84. The molecule has 0 aliphatic carbocycles. The normalized spacial score (nSPS) is 8.50. The molecule has 4 heteroatoms. The van der Waals surface area contributed by atoms with Gasteiger partial charge in [0.2, 0.25) is 0 Å². The summed E-state index contributed by atoms with van der Waals surface area (Å²) in [5, 5.41) is 0. The van der Waals surface area contributed by atoms with Crippen LogP contribution in [0.3, 0.4) is 0 Å². The van der Waals surface area contributed by atoms with Crippen molar-refractivity contribution < 1.29 is 0 Å². The first-order valence-electron chi connectivity index (χ1n) is 0.519. The van der Waals surface area contributed by atoms with E-state index in [9.17, 15) is 0 Å². The fourth-order valence-electron chi connectivity index (χ4n) is 0. The molecule has 0 radical (unpaired) electrons. The van der Waals surface area contributed by atoms with Gasteiger partial charge in [-0.1, -0.05) is 0 Å². The van der Waals surface area contributed by atoms with E-state index >= 15 is 0 Å². The molecular weight excluding hydrogens is 222 g/mol. The van der Waals surface area contributed by atoms with E-state index in [2.05, 4.69) is 40.7 Å². The summed E-state index contributed by atoms with van der Waals surface area (Å²) in [6, 6.07) is 0. The maximum absolute atomic E-state index is 3.84. The molecule has 0 rings (SSSR count). The average Bonchev–Trinajstić information content (AvgIpc) is 0.811. The van der Waals surface area contributed by atoms with E-state index in [1.165, 1.54) is 0 Å². The molecule has 0 N–H and O–H groups in total. The topological polar surface area (TPSA) is 0 Å². The molecule has 0 nitrogen and oxygen atoms in total. The third-order valence-electron chi connectivity index (χ3n) is 0. The van der Waals surface area contributed by atoms with Crippen molar-refractivity contribution in [2.45, 2.75) is 0 Å². The first-order valence-corrected chi connectivity index (χ1v) is 6.39. The summed E-state index contributed by atoms with van der Waals surface area (Å²) in [5.41, 5.74) is 0. The number of rotatable bonds is 0. The van der Waals surface area contributed by atoms with Gasteiger partial charge in [0, 0.05) is 0 Å². The van der Waals surface area contributed by atoms with Gasteiger partial charge in [-0.3, -0.25) is 0 Å². The molecule has 0 saturated carbocycles. The van der Waals surface area contributed by atoms with E-state index in [0.29, 0.717) is 0 Å². The van der Waals surface area contributed by atoms with Crippen molar-refractivity contribution in [3.63, 3.8) is 0 Å². The van der Waals surface area contributed by atoms with E-state index in [0.717, 1.165) is 0 Å². The molecule has 0 amide bonds. The van der Waals surface area contributed by atoms with Crippen LogP contribution in [0.4, 0.5) is 0 Å². The van der Waals surface area contributed by atoms with E-state index in [1.807, 2.05) is 0 Å². The zero-order chi connectivity index (χ0) is 3.58. The van der Waals surface area contributed by atoms with Gasteiger partial charge in [0.05, 0.1) is 0 Å². The molecule has 26 valence electrons. The van der Waals surface area contributed by atoms with Gasteiger partial charge in [0.25, 0.3) is 0 Å². The molecule has 0 aliphatic heterocycles. The summed E-state index contributed by atoms with van der Waals surface area (Å²) in [5.74, 6) is 0. The average molecular weight is 223 g/mol. The van der Waals surface area contributed by atoms with Crippen LogP contribution in [0.25, 0.3) is 0 Å². The maximum atomic E-state index is 3.84. The van der Waals surface area contributed by atoms with Gasteiger partial charge in [-0.25, -0.2) is 0 Å². The van der Waals surface area contributed by atoms with E-state index in [1.54, 1.807) is 0 Å². The number of thiol groups is 1. The molecule has 4 heavy (non-hydrogen) atoms. The fraction of sp³-hybridized carbons (Fsp3) is 0. The van der Waals surface area contributed by atoms with Crippen molar-refractivity contribution in [1.82, 2.24) is 0 Å². The molecule has 0 aromatic carbocycles. The van der Waals surface area contributed by atoms with Crippen LogP contribution in [0, 0.1) is 0 Å². The van der Waals surface area contributed by atoms with Crippen LogP contribution < -0.4 is 0 Å².